The zero-order valence-corrected chi connectivity index (χ0v) is 13.4. The van der Waals surface area contributed by atoms with E-state index in [0.29, 0.717) is 17.0 Å². The molecule has 3 aromatic rings. The summed E-state index contributed by atoms with van der Waals surface area (Å²) in [7, 11) is 0. The van der Waals surface area contributed by atoms with Gasteiger partial charge in [-0.3, -0.25) is 0 Å². The second-order valence-corrected chi connectivity index (χ2v) is 5.98. The van der Waals surface area contributed by atoms with Crippen molar-refractivity contribution in [1.82, 2.24) is 4.98 Å². The largest absolute Gasteiger partial charge is 0.508 e. The van der Waals surface area contributed by atoms with Crippen molar-refractivity contribution < 1.29 is 14.6 Å². The van der Waals surface area contributed by atoms with E-state index >= 15 is 0 Å². The molecule has 0 aliphatic heterocycles. The van der Waals surface area contributed by atoms with Gasteiger partial charge in [-0.1, -0.05) is 43.7 Å². The van der Waals surface area contributed by atoms with Gasteiger partial charge in [0.2, 0.25) is 0 Å². The molecule has 23 heavy (non-hydrogen) atoms. The Bertz CT molecular complexity index is 832. The number of aromatic nitrogens is 1. The standard InChI is InChI=1S/C19H19NO3/c1-11(2)14-8-15(17(22)9-16(14)21)18-19(23-10-20-18)13-6-4-12(3)5-7-13/h4-11,21-22H,1-3H3. The summed E-state index contributed by atoms with van der Waals surface area (Å²) in [4.78, 5) is 4.27. The Kier molecular flexibility index (Phi) is 3.82. The Hall–Kier alpha value is -2.75. The van der Waals surface area contributed by atoms with Crippen molar-refractivity contribution in [1.29, 1.82) is 0 Å². The molecule has 2 N–H and O–H groups in total. The highest BCUT2D eigenvalue weighted by molar-refractivity contribution is 5.81. The van der Waals surface area contributed by atoms with Crippen LogP contribution in [0.1, 0.15) is 30.9 Å². The van der Waals surface area contributed by atoms with Crippen molar-refractivity contribution in [2.75, 3.05) is 0 Å². The summed E-state index contributed by atoms with van der Waals surface area (Å²) in [6.07, 6.45) is 1.37. The highest BCUT2D eigenvalue weighted by Gasteiger charge is 2.19. The maximum atomic E-state index is 10.2. The van der Waals surface area contributed by atoms with Crippen molar-refractivity contribution in [3.05, 3.63) is 53.9 Å². The fraction of sp³-hybridized carbons (Fsp3) is 0.211. The molecule has 1 aromatic heterocycles. The van der Waals surface area contributed by atoms with E-state index in [2.05, 4.69) is 4.98 Å². The molecule has 0 fully saturated rings. The van der Waals surface area contributed by atoms with Gasteiger partial charge in [-0.15, -0.1) is 0 Å². The minimum absolute atomic E-state index is 0.0193. The monoisotopic (exact) mass is 309 g/mol. The number of aryl methyl sites for hydroxylation is 1. The summed E-state index contributed by atoms with van der Waals surface area (Å²) in [5, 5.41) is 20.2. The van der Waals surface area contributed by atoms with Crippen LogP contribution >= 0.6 is 0 Å². The lowest BCUT2D eigenvalue weighted by atomic mass is 9.96. The molecule has 0 bridgehead atoms. The van der Waals surface area contributed by atoms with Gasteiger partial charge >= 0.3 is 0 Å². The van der Waals surface area contributed by atoms with Gasteiger partial charge in [0.1, 0.15) is 17.2 Å². The van der Waals surface area contributed by atoms with Gasteiger partial charge in [0, 0.05) is 17.2 Å². The van der Waals surface area contributed by atoms with E-state index in [1.165, 1.54) is 12.5 Å². The first-order valence-electron chi connectivity index (χ1n) is 7.54. The molecule has 0 unspecified atom stereocenters. The number of hydrogen-bond acceptors (Lipinski definition) is 4. The second kappa shape index (κ2) is 5.80. The highest BCUT2D eigenvalue weighted by atomic mass is 16.3. The molecule has 0 saturated heterocycles. The zero-order chi connectivity index (χ0) is 16.6. The van der Waals surface area contributed by atoms with Gasteiger partial charge in [0.15, 0.2) is 12.2 Å². The molecule has 3 rings (SSSR count). The third-order valence-corrected chi connectivity index (χ3v) is 3.90. The van der Waals surface area contributed by atoms with Crippen molar-refractivity contribution in [2.24, 2.45) is 0 Å². The van der Waals surface area contributed by atoms with Crippen LogP contribution < -0.4 is 0 Å². The average Bonchev–Trinajstić information content (AvgIpc) is 2.97. The Morgan fingerprint density at radius 2 is 1.70 bits per heavy atom. The number of nitrogens with zero attached hydrogens (tertiary/aromatic N) is 1. The fourth-order valence-corrected chi connectivity index (χ4v) is 2.59. The van der Waals surface area contributed by atoms with Crippen molar-refractivity contribution >= 4 is 0 Å². The number of benzene rings is 2. The molecule has 4 heteroatoms. The smallest absolute Gasteiger partial charge is 0.182 e. The van der Waals surface area contributed by atoms with Crippen molar-refractivity contribution in [3.8, 4) is 34.1 Å². The molecular formula is C19H19NO3. The first-order valence-corrected chi connectivity index (χ1v) is 7.54. The van der Waals surface area contributed by atoms with E-state index in [4.69, 9.17) is 4.42 Å². The van der Waals surface area contributed by atoms with Gasteiger partial charge in [-0.25, -0.2) is 4.98 Å². The normalized spacial score (nSPS) is 11.1. The van der Waals surface area contributed by atoms with E-state index < -0.39 is 0 Å². The maximum absolute atomic E-state index is 10.2. The van der Waals surface area contributed by atoms with Gasteiger partial charge in [-0.2, -0.15) is 0 Å². The quantitative estimate of drug-likeness (QED) is 0.725. The molecule has 0 saturated carbocycles. The summed E-state index contributed by atoms with van der Waals surface area (Å²) < 4.78 is 5.55. The Morgan fingerprint density at radius 1 is 1.00 bits per heavy atom. The third-order valence-electron chi connectivity index (χ3n) is 3.90. The van der Waals surface area contributed by atoms with E-state index in [-0.39, 0.29) is 17.4 Å². The summed E-state index contributed by atoms with van der Waals surface area (Å²) in [6, 6.07) is 11.0. The first kappa shape index (κ1) is 15.2. The number of hydrogen-bond donors (Lipinski definition) is 2. The molecule has 118 valence electrons. The number of rotatable bonds is 3. The predicted molar refractivity (Wildman–Crippen MR) is 89.5 cm³/mol. The number of aromatic hydroxyl groups is 2. The maximum Gasteiger partial charge on any atom is 0.182 e. The van der Waals surface area contributed by atoms with Crippen LogP contribution in [0.15, 0.2) is 47.2 Å². The molecule has 0 aliphatic rings. The number of oxazole rings is 1. The molecular weight excluding hydrogens is 290 g/mol. The molecule has 4 nitrogen and oxygen atoms in total. The lowest BCUT2D eigenvalue weighted by Gasteiger charge is -2.12. The molecule has 0 radical (unpaired) electrons. The summed E-state index contributed by atoms with van der Waals surface area (Å²) in [5.41, 5.74) is 3.92. The van der Waals surface area contributed by atoms with Crippen LogP contribution in [0.2, 0.25) is 0 Å². The van der Waals surface area contributed by atoms with Gasteiger partial charge < -0.3 is 14.6 Å². The minimum Gasteiger partial charge on any atom is -0.508 e. The Balaban J connectivity index is 2.15. The lowest BCUT2D eigenvalue weighted by Crippen LogP contribution is -1.91. The Labute approximate surface area is 135 Å². The topological polar surface area (TPSA) is 66.5 Å². The van der Waals surface area contributed by atoms with Crippen LogP contribution in [0, 0.1) is 6.92 Å². The summed E-state index contributed by atoms with van der Waals surface area (Å²) >= 11 is 0. The molecule has 1 heterocycles. The third kappa shape index (κ3) is 2.80. The summed E-state index contributed by atoms with van der Waals surface area (Å²) in [5.74, 6) is 0.792. The minimum atomic E-state index is -0.0193. The molecule has 0 spiro atoms. The molecule has 0 atom stereocenters. The highest BCUT2D eigenvalue weighted by Crippen LogP contribution is 2.40. The first-order chi connectivity index (χ1) is 11.0. The van der Waals surface area contributed by atoms with Gasteiger partial charge in [-0.05, 0) is 24.5 Å². The number of phenols is 2. The Morgan fingerprint density at radius 3 is 2.35 bits per heavy atom. The van der Waals surface area contributed by atoms with Crippen molar-refractivity contribution in [2.45, 2.75) is 26.7 Å². The van der Waals surface area contributed by atoms with Crippen LogP contribution in [0.4, 0.5) is 0 Å². The average molecular weight is 309 g/mol. The molecule has 2 aromatic carbocycles. The van der Waals surface area contributed by atoms with Crippen LogP contribution in [0.5, 0.6) is 11.5 Å². The predicted octanol–water partition coefficient (Wildman–Crippen LogP) is 4.85. The van der Waals surface area contributed by atoms with E-state index in [9.17, 15) is 10.2 Å². The van der Waals surface area contributed by atoms with Crippen LogP contribution in [0.3, 0.4) is 0 Å². The summed E-state index contributed by atoms with van der Waals surface area (Å²) in [6.45, 7) is 5.99. The van der Waals surface area contributed by atoms with Crippen LogP contribution in [-0.4, -0.2) is 15.2 Å². The van der Waals surface area contributed by atoms with E-state index in [1.807, 2.05) is 45.0 Å². The molecule has 0 amide bonds. The zero-order valence-electron chi connectivity index (χ0n) is 13.4. The molecule has 0 aliphatic carbocycles. The second-order valence-electron chi connectivity index (χ2n) is 5.98. The van der Waals surface area contributed by atoms with Crippen molar-refractivity contribution in [3.63, 3.8) is 0 Å². The number of phenolic OH excluding ortho intramolecular Hbond substituents is 2. The fourth-order valence-electron chi connectivity index (χ4n) is 2.59. The van der Waals surface area contributed by atoms with Gasteiger partial charge in [0.05, 0.1) is 0 Å². The van der Waals surface area contributed by atoms with Crippen LogP contribution in [-0.2, 0) is 0 Å². The van der Waals surface area contributed by atoms with E-state index in [0.717, 1.165) is 16.7 Å². The lowest BCUT2D eigenvalue weighted by molar-refractivity contribution is 0.445. The SMILES string of the molecule is Cc1ccc(-c2ocnc2-c2cc(C(C)C)c(O)cc2O)cc1. The van der Waals surface area contributed by atoms with Crippen LogP contribution in [0.25, 0.3) is 22.6 Å². The van der Waals surface area contributed by atoms with E-state index in [1.54, 1.807) is 6.07 Å². The van der Waals surface area contributed by atoms with Gasteiger partial charge in [0.25, 0.3) is 0 Å².